The van der Waals surface area contributed by atoms with Crippen LogP contribution in [0, 0.1) is 0 Å². The van der Waals surface area contributed by atoms with E-state index in [9.17, 15) is 21.6 Å². The van der Waals surface area contributed by atoms with Gasteiger partial charge in [-0.25, -0.2) is 13.1 Å². The SMILES string of the molecule is CCOc1ccc(Oc2ccc(S(=O)(=O)NCc3cccc(C(F)(F)F)c3)cc2)cc1. The molecule has 0 aliphatic heterocycles. The van der Waals surface area contributed by atoms with Crippen LogP contribution in [0.2, 0.25) is 0 Å². The monoisotopic (exact) mass is 451 g/mol. The fourth-order valence-electron chi connectivity index (χ4n) is 2.71. The minimum atomic E-state index is -4.49. The zero-order valence-electron chi connectivity index (χ0n) is 16.5. The predicted octanol–water partition coefficient (Wildman–Crippen LogP) is 5.37. The standard InChI is InChI=1S/C22H20F3NO4S/c1-2-29-18-6-8-19(9-7-18)30-20-10-12-21(13-11-20)31(27,28)26-15-16-4-3-5-17(14-16)22(23,24)25/h3-14,26H,2,15H2,1H3. The molecule has 0 saturated heterocycles. The fraction of sp³-hybridized carbons (Fsp3) is 0.182. The van der Waals surface area contributed by atoms with Crippen molar-refractivity contribution in [1.29, 1.82) is 0 Å². The van der Waals surface area contributed by atoms with E-state index in [0.717, 1.165) is 12.1 Å². The minimum absolute atomic E-state index is 0.0291. The normalized spacial score (nSPS) is 11.9. The van der Waals surface area contributed by atoms with E-state index < -0.39 is 21.8 Å². The Labute approximate surface area is 178 Å². The van der Waals surface area contributed by atoms with Gasteiger partial charge < -0.3 is 9.47 Å². The van der Waals surface area contributed by atoms with Crippen LogP contribution >= 0.6 is 0 Å². The summed E-state index contributed by atoms with van der Waals surface area (Å²) < 4.78 is 76.7. The van der Waals surface area contributed by atoms with Crippen molar-refractivity contribution in [2.75, 3.05) is 6.61 Å². The van der Waals surface area contributed by atoms with Crippen LogP contribution in [-0.2, 0) is 22.7 Å². The summed E-state index contributed by atoms with van der Waals surface area (Å²) >= 11 is 0. The second-order valence-corrected chi connectivity index (χ2v) is 8.27. The third kappa shape index (κ3) is 6.22. The molecule has 0 fully saturated rings. The van der Waals surface area contributed by atoms with Crippen molar-refractivity contribution in [1.82, 2.24) is 4.72 Å². The highest BCUT2D eigenvalue weighted by Gasteiger charge is 2.30. The van der Waals surface area contributed by atoms with Crippen molar-refractivity contribution in [3.05, 3.63) is 83.9 Å². The molecule has 3 rings (SSSR count). The van der Waals surface area contributed by atoms with Gasteiger partial charge in [-0.15, -0.1) is 0 Å². The Bertz CT molecular complexity index is 1110. The molecule has 3 aromatic rings. The highest BCUT2D eigenvalue weighted by Crippen LogP contribution is 2.29. The Morgan fingerprint density at radius 3 is 2.03 bits per heavy atom. The van der Waals surface area contributed by atoms with E-state index >= 15 is 0 Å². The molecule has 0 radical (unpaired) electrons. The van der Waals surface area contributed by atoms with Gasteiger partial charge in [-0.2, -0.15) is 13.2 Å². The maximum atomic E-state index is 12.8. The van der Waals surface area contributed by atoms with Gasteiger partial charge in [-0.1, -0.05) is 18.2 Å². The zero-order valence-corrected chi connectivity index (χ0v) is 17.3. The van der Waals surface area contributed by atoms with Crippen molar-refractivity contribution in [2.45, 2.75) is 24.5 Å². The fourth-order valence-corrected chi connectivity index (χ4v) is 3.73. The lowest BCUT2D eigenvalue weighted by molar-refractivity contribution is -0.137. The maximum absolute atomic E-state index is 12.8. The molecule has 5 nitrogen and oxygen atoms in total. The van der Waals surface area contributed by atoms with Gasteiger partial charge in [-0.05, 0) is 67.1 Å². The third-order valence-corrected chi connectivity index (χ3v) is 5.64. The van der Waals surface area contributed by atoms with Crippen LogP contribution in [0.3, 0.4) is 0 Å². The number of nitrogens with one attached hydrogen (secondary N) is 1. The van der Waals surface area contributed by atoms with Gasteiger partial charge >= 0.3 is 6.18 Å². The Morgan fingerprint density at radius 1 is 0.871 bits per heavy atom. The molecule has 0 heterocycles. The molecule has 164 valence electrons. The maximum Gasteiger partial charge on any atom is 0.416 e. The van der Waals surface area contributed by atoms with E-state index in [4.69, 9.17) is 9.47 Å². The van der Waals surface area contributed by atoms with E-state index in [1.54, 1.807) is 24.3 Å². The van der Waals surface area contributed by atoms with Gasteiger partial charge in [0.25, 0.3) is 0 Å². The van der Waals surface area contributed by atoms with E-state index in [2.05, 4.69) is 4.72 Å². The van der Waals surface area contributed by atoms with Crippen LogP contribution in [0.5, 0.6) is 17.2 Å². The van der Waals surface area contributed by atoms with Crippen LogP contribution < -0.4 is 14.2 Å². The Balaban J connectivity index is 1.64. The first kappa shape index (κ1) is 22.6. The summed E-state index contributed by atoms with van der Waals surface area (Å²) in [5, 5.41) is 0. The van der Waals surface area contributed by atoms with Crippen molar-refractivity contribution in [3.8, 4) is 17.2 Å². The van der Waals surface area contributed by atoms with Crippen molar-refractivity contribution >= 4 is 10.0 Å². The molecule has 0 saturated carbocycles. The topological polar surface area (TPSA) is 64.6 Å². The summed E-state index contributed by atoms with van der Waals surface area (Å²) in [6, 6.07) is 17.2. The largest absolute Gasteiger partial charge is 0.494 e. The molecule has 1 N–H and O–H groups in total. The van der Waals surface area contributed by atoms with Crippen LogP contribution in [-0.4, -0.2) is 15.0 Å². The average Bonchev–Trinajstić information content (AvgIpc) is 2.74. The first-order chi connectivity index (χ1) is 14.7. The number of halogens is 3. The van der Waals surface area contributed by atoms with Crippen LogP contribution in [0.4, 0.5) is 13.2 Å². The van der Waals surface area contributed by atoms with E-state index in [0.29, 0.717) is 23.9 Å². The second-order valence-electron chi connectivity index (χ2n) is 6.50. The van der Waals surface area contributed by atoms with E-state index in [-0.39, 0.29) is 17.0 Å². The third-order valence-electron chi connectivity index (χ3n) is 4.23. The molecule has 0 amide bonds. The van der Waals surface area contributed by atoms with Crippen molar-refractivity contribution in [2.24, 2.45) is 0 Å². The van der Waals surface area contributed by atoms with Crippen LogP contribution in [0.1, 0.15) is 18.1 Å². The first-order valence-corrected chi connectivity index (χ1v) is 10.8. The Hall–Kier alpha value is -3.04. The summed E-state index contributed by atoms with van der Waals surface area (Å²) in [5.41, 5.74) is -0.631. The summed E-state index contributed by atoms with van der Waals surface area (Å²) in [6.45, 7) is 2.17. The summed E-state index contributed by atoms with van der Waals surface area (Å²) in [7, 11) is -3.91. The van der Waals surface area contributed by atoms with Gasteiger partial charge in [0.2, 0.25) is 10.0 Å². The van der Waals surface area contributed by atoms with Gasteiger partial charge in [-0.3, -0.25) is 0 Å². The molecule has 3 aromatic carbocycles. The molecule has 0 spiro atoms. The van der Waals surface area contributed by atoms with Crippen LogP contribution in [0.15, 0.2) is 77.7 Å². The lowest BCUT2D eigenvalue weighted by Gasteiger charge is -2.11. The number of alkyl halides is 3. The molecule has 0 unspecified atom stereocenters. The minimum Gasteiger partial charge on any atom is -0.494 e. The smallest absolute Gasteiger partial charge is 0.416 e. The molecular formula is C22H20F3NO4S. The molecular weight excluding hydrogens is 431 g/mol. The molecule has 31 heavy (non-hydrogen) atoms. The predicted molar refractivity (Wildman–Crippen MR) is 110 cm³/mol. The Kier molecular flexibility index (Phi) is 6.87. The molecule has 9 heteroatoms. The van der Waals surface area contributed by atoms with Gasteiger partial charge in [0.05, 0.1) is 17.1 Å². The molecule has 0 aromatic heterocycles. The molecule has 0 atom stereocenters. The summed E-state index contributed by atoms with van der Waals surface area (Å²) in [6.07, 6.45) is -4.49. The molecule has 0 bridgehead atoms. The van der Waals surface area contributed by atoms with Crippen molar-refractivity contribution in [3.63, 3.8) is 0 Å². The van der Waals surface area contributed by atoms with E-state index in [1.165, 1.54) is 36.4 Å². The number of sulfonamides is 1. The zero-order chi connectivity index (χ0) is 22.5. The van der Waals surface area contributed by atoms with Gasteiger partial charge in [0.15, 0.2) is 0 Å². The lowest BCUT2D eigenvalue weighted by atomic mass is 10.1. The average molecular weight is 451 g/mol. The second kappa shape index (κ2) is 9.40. The quantitative estimate of drug-likeness (QED) is 0.500. The number of benzene rings is 3. The summed E-state index contributed by atoms with van der Waals surface area (Å²) in [4.78, 5) is -0.0291. The summed E-state index contributed by atoms with van der Waals surface area (Å²) in [5.74, 6) is 1.70. The number of ether oxygens (including phenoxy) is 2. The van der Waals surface area contributed by atoms with E-state index in [1.807, 2.05) is 6.92 Å². The Morgan fingerprint density at radius 2 is 1.45 bits per heavy atom. The van der Waals surface area contributed by atoms with Gasteiger partial charge in [0.1, 0.15) is 17.2 Å². The lowest BCUT2D eigenvalue weighted by Crippen LogP contribution is -2.23. The number of rotatable bonds is 8. The highest BCUT2D eigenvalue weighted by atomic mass is 32.2. The number of hydrogen-bond acceptors (Lipinski definition) is 4. The first-order valence-electron chi connectivity index (χ1n) is 9.34. The van der Waals surface area contributed by atoms with Crippen LogP contribution in [0.25, 0.3) is 0 Å². The van der Waals surface area contributed by atoms with Gasteiger partial charge in [0, 0.05) is 6.54 Å². The number of hydrogen-bond donors (Lipinski definition) is 1. The molecule has 0 aliphatic carbocycles. The van der Waals surface area contributed by atoms with Crippen molar-refractivity contribution < 1.29 is 31.1 Å². The highest BCUT2D eigenvalue weighted by molar-refractivity contribution is 7.89. The molecule has 0 aliphatic rings.